The molecule has 0 spiro atoms. The van der Waals surface area contributed by atoms with Crippen LogP contribution < -0.4 is 10.0 Å². The molecule has 146 valence electrons. The lowest BCUT2D eigenvalue weighted by Crippen LogP contribution is -2.22. The summed E-state index contributed by atoms with van der Waals surface area (Å²) in [5, 5.41) is 0.830. The quantitative estimate of drug-likeness (QED) is 0.510. The molecule has 0 saturated carbocycles. The van der Waals surface area contributed by atoms with Gasteiger partial charge >= 0.3 is 0 Å². The van der Waals surface area contributed by atoms with Crippen molar-refractivity contribution in [2.45, 2.75) is 34.1 Å². The van der Waals surface area contributed by atoms with Gasteiger partial charge in [-0.05, 0) is 29.9 Å². The Morgan fingerprint density at radius 2 is 1.74 bits per heavy atom. The van der Waals surface area contributed by atoms with Crippen LogP contribution in [-0.2, 0) is 4.57 Å². The lowest BCUT2D eigenvalue weighted by atomic mass is 9.86. The maximum absolute atomic E-state index is 14.2. The van der Waals surface area contributed by atoms with Crippen molar-refractivity contribution in [3.05, 3.63) is 59.1 Å². The molecular formula is C22H28ClO3P. The number of rotatable bonds is 7. The molecule has 0 amide bonds. The minimum atomic E-state index is -3.40. The average molecular weight is 407 g/mol. The minimum absolute atomic E-state index is 0.0893. The van der Waals surface area contributed by atoms with E-state index in [0.29, 0.717) is 17.2 Å². The minimum Gasteiger partial charge on any atom is -0.496 e. The fourth-order valence-corrected chi connectivity index (χ4v) is 6.77. The largest absolute Gasteiger partial charge is 0.496 e. The monoisotopic (exact) mass is 406 g/mol. The van der Waals surface area contributed by atoms with Crippen LogP contribution in [0.15, 0.2) is 48.5 Å². The molecule has 0 radical (unpaired) electrons. The van der Waals surface area contributed by atoms with E-state index >= 15 is 0 Å². The first-order chi connectivity index (χ1) is 12.6. The van der Waals surface area contributed by atoms with Crippen LogP contribution in [0, 0.1) is 11.3 Å². The lowest BCUT2D eigenvalue weighted by Gasteiger charge is -2.27. The van der Waals surface area contributed by atoms with Crippen LogP contribution in [0.4, 0.5) is 0 Å². The molecule has 2 aromatic rings. The Hall–Kier alpha value is -1.57. The van der Waals surface area contributed by atoms with Crippen LogP contribution in [-0.4, -0.2) is 18.8 Å². The summed E-state index contributed by atoms with van der Waals surface area (Å²) in [7, 11) is -1.91. The van der Waals surface area contributed by atoms with E-state index in [1.165, 1.54) is 7.11 Å². The molecule has 2 aromatic carbocycles. The van der Waals surface area contributed by atoms with Gasteiger partial charge in [-0.1, -0.05) is 75.7 Å². The van der Waals surface area contributed by atoms with Crippen LogP contribution in [0.25, 0.3) is 0 Å². The Morgan fingerprint density at radius 1 is 1.11 bits per heavy atom. The van der Waals surface area contributed by atoms with Crippen molar-refractivity contribution >= 4 is 29.6 Å². The van der Waals surface area contributed by atoms with Gasteiger partial charge in [0.1, 0.15) is 5.75 Å². The molecule has 0 heterocycles. The second-order valence-corrected chi connectivity index (χ2v) is 11.4. The fourth-order valence-electron chi connectivity index (χ4n) is 3.59. The molecule has 5 heteroatoms. The number of carbonyl (C=O) groups excluding carboxylic acids is 1. The summed E-state index contributed by atoms with van der Waals surface area (Å²) in [5.74, 6) is 0.473. The van der Waals surface area contributed by atoms with E-state index in [0.717, 1.165) is 6.42 Å². The first-order valence-electron chi connectivity index (χ1n) is 9.10. The molecule has 0 aromatic heterocycles. The molecule has 0 fully saturated rings. The maximum atomic E-state index is 14.2. The maximum Gasteiger partial charge on any atom is 0.230 e. The Balaban J connectivity index is 2.54. The van der Waals surface area contributed by atoms with E-state index in [-0.39, 0.29) is 21.9 Å². The highest BCUT2D eigenvalue weighted by Crippen LogP contribution is 2.52. The molecule has 2 atom stereocenters. The topological polar surface area (TPSA) is 43.4 Å². The lowest BCUT2D eigenvalue weighted by molar-refractivity contribution is 0.107. The number of hydrogen-bond donors (Lipinski definition) is 0. The number of halogens is 1. The number of ether oxygens (including phenoxy) is 1. The van der Waals surface area contributed by atoms with Crippen LogP contribution in [0.1, 0.15) is 44.5 Å². The molecule has 0 aliphatic rings. The molecule has 3 nitrogen and oxygen atoms in total. The summed E-state index contributed by atoms with van der Waals surface area (Å²) in [4.78, 5) is 13.5. The zero-order valence-corrected chi connectivity index (χ0v) is 18.3. The summed E-state index contributed by atoms with van der Waals surface area (Å²) >= 11 is 6.32. The molecular weight excluding hydrogens is 379 g/mol. The van der Waals surface area contributed by atoms with Gasteiger partial charge in [0.15, 0.2) is 7.14 Å². The highest BCUT2D eigenvalue weighted by atomic mass is 35.5. The van der Waals surface area contributed by atoms with Gasteiger partial charge in [0.2, 0.25) is 5.52 Å². The van der Waals surface area contributed by atoms with Gasteiger partial charge in [-0.3, -0.25) is 4.79 Å². The van der Waals surface area contributed by atoms with Crippen molar-refractivity contribution in [1.82, 2.24) is 0 Å². The first kappa shape index (κ1) is 21.7. The van der Waals surface area contributed by atoms with Crippen molar-refractivity contribution < 1.29 is 14.1 Å². The van der Waals surface area contributed by atoms with Crippen molar-refractivity contribution in [3.8, 4) is 5.75 Å². The molecule has 0 aliphatic carbocycles. The summed E-state index contributed by atoms with van der Waals surface area (Å²) in [6.07, 6.45) is 1.18. The average Bonchev–Trinajstić information content (AvgIpc) is 2.59. The van der Waals surface area contributed by atoms with Gasteiger partial charge in [-0.25, -0.2) is 0 Å². The Morgan fingerprint density at radius 3 is 2.30 bits per heavy atom. The van der Waals surface area contributed by atoms with Gasteiger partial charge in [0.25, 0.3) is 0 Å². The first-order valence-corrected chi connectivity index (χ1v) is 11.4. The van der Waals surface area contributed by atoms with Crippen LogP contribution >= 0.6 is 18.7 Å². The van der Waals surface area contributed by atoms with Gasteiger partial charge in [-0.15, -0.1) is 0 Å². The number of benzene rings is 2. The molecule has 0 saturated heterocycles. The van der Waals surface area contributed by atoms with Crippen molar-refractivity contribution in [3.63, 3.8) is 0 Å². The summed E-state index contributed by atoms with van der Waals surface area (Å²) in [6.45, 7) is 8.50. The summed E-state index contributed by atoms with van der Waals surface area (Å²) in [6, 6.07) is 14.0. The smallest absolute Gasteiger partial charge is 0.230 e. The van der Waals surface area contributed by atoms with E-state index in [2.05, 4.69) is 27.7 Å². The number of carbonyl (C=O) groups is 1. The molecule has 0 aliphatic heterocycles. The molecule has 2 rings (SSSR count). The standard InChI is InChI=1S/C22H28ClO3P/c1-16(14-22(2,3)4)15-27(25,17-10-7-6-8-11-17)21(24)20-18(23)12-9-13-19(20)26-5/h6-13,16H,14-15H2,1-5H3. The van der Waals surface area contributed by atoms with Gasteiger partial charge in [0.05, 0.1) is 17.7 Å². The summed E-state index contributed by atoms with van der Waals surface area (Å²) in [5.41, 5.74) is -0.139. The third-order valence-electron chi connectivity index (χ3n) is 4.44. The van der Waals surface area contributed by atoms with Crippen LogP contribution in [0.2, 0.25) is 5.02 Å². The van der Waals surface area contributed by atoms with E-state index in [1.807, 2.05) is 18.2 Å². The van der Waals surface area contributed by atoms with E-state index in [9.17, 15) is 9.36 Å². The van der Waals surface area contributed by atoms with Gasteiger partial charge in [0, 0.05) is 11.5 Å². The van der Waals surface area contributed by atoms with E-state index in [1.54, 1.807) is 30.3 Å². The molecule has 27 heavy (non-hydrogen) atoms. The van der Waals surface area contributed by atoms with E-state index < -0.39 is 12.7 Å². The van der Waals surface area contributed by atoms with Crippen molar-refractivity contribution in [2.24, 2.45) is 11.3 Å². The second-order valence-electron chi connectivity index (χ2n) is 8.25. The second kappa shape index (κ2) is 8.63. The van der Waals surface area contributed by atoms with Gasteiger partial charge in [-0.2, -0.15) is 0 Å². The number of methoxy groups -OCH3 is 1. The normalized spacial score (nSPS) is 15.0. The Labute approximate surface area is 167 Å². The predicted octanol–water partition coefficient (Wildman–Crippen LogP) is 6.25. The third kappa shape index (κ3) is 5.24. The molecule has 0 bridgehead atoms. The zero-order chi connectivity index (χ0) is 20.2. The van der Waals surface area contributed by atoms with E-state index in [4.69, 9.17) is 16.3 Å². The molecule has 2 unspecified atom stereocenters. The number of hydrogen-bond acceptors (Lipinski definition) is 3. The SMILES string of the molecule is COc1cccc(Cl)c1C(=O)P(=O)(CC(C)CC(C)(C)C)c1ccccc1. The third-order valence-corrected chi connectivity index (χ3v) is 7.90. The fraction of sp³-hybridized carbons (Fsp3) is 0.409. The van der Waals surface area contributed by atoms with Crippen LogP contribution in [0.5, 0.6) is 5.75 Å². The highest BCUT2D eigenvalue weighted by Gasteiger charge is 2.39. The Bertz CT molecular complexity index is 840. The van der Waals surface area contributed by atoms with Crippen LogP contribution in [0.3, 0.4) is 0 Å². The van der Waals surface area contributed by atoms with Crippen molar-refractivity contribution in [2.75, 3.05) is 13.3 Å². The summed E-state index contributed by atoms with van der Waals surface area (Å²) < 4.78 is 19.5. The highest BCUT2D eigenvalue weighted by molar-refractivity contribution is 7.87. The zero-order valence-electron chi connectivity index (χ0n) is 16.7. The Kier molecular flexibility index (Phi) is 6.94. The van der Waals surface area contributed by atoms with Crippen molar-refractivity contribution in [1.29, 1.82) is 0 Å². The predicted molar refractivity (Wildman–Crippen MR) is 114 cm³/mol. The molecule has 0 N–H and O–H groups in total. The van der Waals surface area contributed by atoms with Gasteiger partial charge < -0.3 is 9.30 Å².